The van der Waals surface area contributed by atoms with Gasteiger partial charge in [0.2, 0.25) is 5.91 Å². The van der Waals surface area contributed by atoms with E-state index in [9.17, 15) is 9.59 Å². The lowest BCUT2D eigenvalue weighted by molar-refractivity contribution is -0.119. The Hall–Kier alpha value is -2.60. The van der Waals surface area contributed by atoms with Crippen LogP contribution in [0.25, 0.3) is 10.9 Å². The van der Waals surface area contributed by atoms with Crippen LogP contribution in [-0.2, 0) is 11.3 Å². The van der Waals surface area contributed by atoms with Gasteiger partial charge in [0.05, 0.1) is 23.2 Å². The smallest absolute Gasteiger partial charge is 0.262 e. The Morgan fingerprint density at radius 1 is 1.10 bits per heavy atom. The van der Waals surface area contributed by atoms with Crippen LogP contribution in [0.15, 0.2) is 64.5 Å². The van der Waals surface area contributed by atoms with E-state index in [1.54, 1.807) is 10.6 Å². The van der Waals surface area contributed by atoms with Crippen molar-refractivity contribution in [2.45, 2.75) is 50.4 Å². The van der Waals surface area contributed by atoms with Crippen molar-refractivity contribution in [3.8, 4) is 0 Å². The summed E-state index contributed by atoms with van der Waals surface area (Å²) in [6.45, 7) is 2.64. The maximum absolute atomic E-state index is 13.2. The number of nitrogens with one attached hydrogen (secondary N) is 1. The summed E-state index contributed by atoms with van der Waals surface area (Å²) in [6, 6.07) is 17.5. The molecule has 1 amide bonds. The van der Waals surface area contributed by atoms with Crippen molar-refractivity contribution in [2.24, 2.45) is 5.92 Å². The molecule has 2 aromatic carbocycles. The Morgan fingerprint density at radius 2 is 1.83 bits per heavy atom. The highest BCUT2D eigenvalue weighted by Crippen LogP contribution is 2.24. The number of hydrogen-bond acceptors (Lipinski definition) is 4. The van der Waals surface area contributed by atoms with Crippen LogP contribution >= 0.6 is 11.8 Å². The molecule has 3 aromatic rings. The topological polar surface area (TPSA) is 64.0 Å². The first kappa shape index (κ1) is 20.7. The number of benzene rings is 2. The second-order valence-electron chi connectivity index (χ2n) is 8.01. The van der Waals surface area contributed by atoms with E-state index in [1.807, 2.05) is 48.5 Å². The van der Waals surface area contributed by atoms with Gasteiger partial charge >= 0.3 is 0 Å². The third-order valence-corrected chi connectivity index (χ3v) is 6.78. The van der Waals surface area contributed by atoms with Crippen LogP contribution < -0.4 is 10.9 Å². The highest BCUT2D eigenvalue weighted by atomic mass is 32.2. The SMILES string of the molecule is CC1CCCCC1NC(=O)CSc1nc2ccccc2c(=O)n1Cc1ccccc1. The summed E-state index contributed by atoms with van der Waals surface area (Å²) in [7, 11) is 0. The molecule has 0 saturated heterocycles. The van der Waals surface area contributed by atoms with Gasteiger partial charge in [0.15, 0.2) is 5.16 Å². The molecule has 2 atom stereocenters. The summed E-state index contributed by atoms with van der Waals surface area (Å²) in [5, 5.41) is 4.36. The zero-order valence-corrected chi connectivity index (χ0v) is 18.0. The second-order valence-corrected chi connectivity index (χ2v) is 8.96. The number of carbonyl (C=O) groups excluding carboxylic acids is 1. The van der Waals surface area contributed by atoms with Crippen LogP contribution in [-0.4, -0.2) is 27.3 Å². The van der Waals surface area contributed by atoms with E-state index in [0.717, 1.165) is 12.0 Å². The number of aromatic nitrogens is 2. The zero-order chi connectivity index (χ0) is 20.9. The van der Waals surface area contributed by atoms with E-state index in [2.05, 4.69) is 12.2 Å². The fraction of sp³-hybridized carbons (Fsp3) is 0.375. The Labute approximate surface area is 180 Å². The zero-order valence-electron chi connectivity index (χ0n) is 17.2. The summed E-state index contributed by atoms with van der Waals surface area (Å²) in [5.74, 6) is 0.776. The van der Waals surface area contributed by atoms with E-state index in [4.69, 9.17) is 4.98 Å². The first-order chi connectivity index (χ1) is 14.6. The molecule has 0 aliphatic heterocycles. The molecule has 5 nitrogen and oxygen atoms in total. The number of nitrogens with zero attached hydrogens (tertiary/aromatic N) is 2. The first-order valence-corrected chi connectivity index (χ1v) is 11.6. The maximum Gasteiger partial charge on any atom is 0.262 e. The molecule has 1 aliphatic carbocycles. The van der Waals surface area contributed by atoms with E-state index in [1.165, 1.54) is 31.0 Å². The van der Waals surface area contributed by atoms with Gasteiger partial charge in [0.25, 0.3) is 5.56 Å². The molecular weight excluding hydrogens is 394 g/mol. The minimum atomic E-state index is -0.0757. The molecule has 1 heterocycles. The number of thioether (sulfide) groups is 1. The number of rotatable bonds is 6. The summed E-state index contributed by atoms with van der Waals surface area (Å²) >= 11 is 1.33. The van der Waals surface area contributed by atoms with Crippen LogP contribution in [0.4, 0.5) is 0 Å². The first-order valence-electron chi connectivity index (χ1n) is 10.6. The van der Waals surface area contributed by atoms with Gasteiger partial charge < -0.3 is 5.32 Å². The number of carbonyl (C=O) groups is 1. The monoisotopic (exact) mass is 421 g/mol. The predicted octanol–water partition coefficient (Wildman–Crippen LogP) is 4.23. The molecule has 4 rings (SSSR count). The minimum absolute atomic E-state index is 0.00687. The van der Waals surface area contributed by atoms with Crippen molar-refractivity contribution < 1.29 is 4.79 Å². The van der Waals surface area contributed by atoms with Gasteiger partial charge in [-0.25, -0.2) is 4.98 Å². The molecule has 0 spiro atoms. The van der Waals surface area contributed by atoms with Gasteiger partial charge in [-0.1, -0.05) is 74.0 Å². The third kappa shape index (κ3) is 4.75. The van der Waals surface area contributed by atoms with Crippen molar-refractivity contribution in [2.75, 3.05) is 5.75 Å². The third-order valence-electron chi connectivity index (χ3n) is 5.80. The van der Waals surface area contributed by atoms with Crippen molar-refractivity contribution in [3.05, 3.63) is 70.5 Å². The van der Waals surface area contributed by atoms with E-state index in [-0.39, 0.29) is 23.3 Å². The lowest BCUT2D eigenvalue weighted by Gasteiger charge is -2.29. The molecule has 1 aliphatic rings. The Morgan fingerprint density at radius 3 is 2.63 bits per heavy atom. The molecule has 0 bridgehead atoms. The molecule has 156 valence electrons. The van der Waals surface area contributed by atoms with Crippen LogP contribution in [0.2, 0.25) is 0 Å². The standard InChI is InChI=1S/C24H27N3O2S/c1-17-9-5-7-13-20(17)25-22(28)16-30-24-26-21-14-8-6-12-19(21)23(29)27(24)15-18-10-3-2-4-11-18/h2-4,6,8,10-12,14,17,20H,5,7,9,13,15-16H2,1H3,(H,25,28). The Balaban J connectivity index is 1.56. The molecule has 1 saturated carbocycles. The summed E-state index contributed by atoms with van der Waals surface area (Å²) < 4.78 is 1.68. The van der Waals surface area contributed by atoms with Gasteiger partial charge in [-0.15, -0.1) is 0 Å². The maximum atomic E-state index is 13.2. The summed E-state index contributed by atoms with van der Waals surface area (Å²) in [6.07, 6.45) is 4.63. The van der Waals surface area contributed by atoms with Gasteiger partial charge in [-0.2, -0.15) is 0 Å². The van der Waals surface area contributed by atoms with Gasteiger partial charge in [-0.3, -0.25) is 14.2 Å². The van der Waals surface area contributed by atoms with Gasteiger partial charge in [-0.05, 0) is 36.5 Å². The van der Waals surface area contributed by atoms with Crippen LogP contribution in [0.1, 0.15) is 38.2 Å². The second kappa shape index (κ2) is 9.47. The summed E-state index contributed by atoms with van der Waals surface area (Å²) in [5.41, 5.74) is 1.61. The number of fused-ring (bicyclic) bond motifs is 1. The van der Waals surface area contributed by atoms with Crippen molar-refractivity contribution in [1.82, 2.24) is 14.9 Å². The number of para-hydroxylation sites is 1. The molecule has 30 heavy (non-hydrogen) atoms. The molecule has 1 fully saturated rings. The Bertz CT molecular complexity index is 1080. The molecule has 6 heteroatoms. The average Bonchev–Trinajstić information content (AvgIpc) is 2.77. The normalized spacial score (nSPS) is 19.0. The molecule has 2 unspecified atom stereocenters. The van der Waals surface area contributed by atoms with E-state index in [0.29, 0.717) is 28.5 Å². The quantitative estimate of drug-likeness (QED) is 0.478. The fourth-order valence-corrected chi connectivity index (χ4v) is 4.88. The van der Waals surface area contributed by atoms with E-state index < -0.39 is 0 Å². The largest absolute Gasteiger partial charge is 0.352 e. The molecule has 1 N–H and O–H groups in total. The minimum Gasteiger partial charge on any atom is -0.352 e. The highest BCUT2D eigenvalue weighted by Gasteiger charge is 2.23. The predicted molar refractivity (Wildman–Crippen MR) is 122 cm³/mol. The van der Waals surface area contributed by atoms with Crippen molar-refractivity contribution in [3.63, 3.8) is 0 Å². The molecule has 0 radical (unpaired) electrons. The lowest BCUT2D eigenvalue weighted by Crippen LogP contribution is -2.42. The summed E-state index contributed by atoms with van der Waals surface area (Å²) in [4.78, 5) is 30.5. The van der Waals surface area contributed by atoms with Gasteiger partial charge in [0, 0.05) is 6.04 Å². The van der Waals surface area contributed by atoms with Crippen LogP contribution in [0.5, 0.6) is 0 Å². The van der Waals surface area contributed by atoms with Crippen LogP contribution in [0, 0.1) is 5.92 Å². The number of amides is 1. The van der Waals surface area contributed by atoms with E-state index >= 15 is 0 Å². The molecule has 1 aromatic heterocycles. The molecular formula is C24H27N3O2S. The highest BCUT2D eigenvalue weighted by molar-refractivity contribution is 7.99. The van der Waals surface area contributed by atoms with Gasteiger partial charge in [0.1, 0.15) is 0 Å². The Kier molecular flexibility index (Phi) is 6.53. The average molecular weight is 422 g/mol. The number of hydrogen-bond donors (Lipinski definition) is 1. The van der Waals surface area contributed by atoms with Crippen LogP contribution in [0.3, 0.4) is 0 Å². The fourth-order valence-electron chi connectivity index (χ4n) is 4.07. The van der Waals surface area contributed by atoms with Crippen molar-refractivity contribution in [1.29, 1.82) is 0 Å². The lowest BCUT2D eigenvalue weighted by atomic mass is 9.86. The van der Waals surface area contributed by atoms with Crippen molar-refractivity contribution >= 4 is 28.6 Å².